The molecule has 4 rings (SSSR count). The number of nitrogens with one attached hydrogen (secondary N) is 1. The van der Waals surface area contributed by atoms with Crippen molar-refractivity contribution in [3.63, 3.8) is 0 Å². The summed E-state index contributed by atoms with van der Waals surface area (Å²) >= 11 is 1.22. The number of hydrogen-bond donors (Lipinski definition) is 2. The van der Waals surface area contributed by atoms with Crippen LogP contribution in [-0.2, 0) is 4.74 Å². The van der Waals surface area contributed by atoms with Gasteiger partial charge < -0.3 is 19.6 Å². The molecular weight excluding hydrogens is 390 g/mol. The van der Waals surface area contributed by atoms with E-state index in [1.54, 1.807) is 42.8 Å². The maximum Gasteiger partial charge on any atom is 0.186 e. The Kier molecular flexibility index (Phi) is 5.84. The third-order valence-electron chi connectivity index (χ3n) is 4.79. The first-order valence-electron chi connectivity index (χ1n) is 9.35. The van der Waals surface area contributed by atoms with Crippen molar-refractivity contribution in [1.29, 1.82) is 0 Å². The molecule has 3 aromatic heterocycles. The Morgan fingerprint density at radius 1 is 1.34 bits per heavy atom. The minimum atomic E-state index is -1.01. The summed E-state index contributed by atoms with van der Waals surface area (Å²) in [5.74, 6) is 0.472. The minimum absolute atomic E-state index is 0.0387. The Balaban J connectivity index is 1.60. The van der Waals surface area contributed by atoms with E-state index in [9.17, 15) is 9.90 Å². The molecule has 1 saturated heterocycles. The Morgan fingerprint density at radius 3 is 2.83 bits per heavy atom. The van der Waals surface area contributed by atoms with Crippen molar-refractivity contribution in [1.82, 2.24) is 9.97 Å². The smallest absolute Gasteiger partial charge is 0.186 e. The zero-order valence-electron chi connectivity index (χ0n) is 15.7. The number of hydrogen-bond acceptors (Lipinski definition) is 8. The zero-order valence-corrected chi connectivity index (χ0v) is 16.5. The SMILES string of the molecule is C=Cc1ccc(C(O)Nc2nc(-c3ccco3)c(C(=O)C3CCOCC3)s2)cn1. The van der Waals surface area contributed by atoms with E-state index in [2.05, 4.69) is 21.9 Å². The number of ether oxygens (including phenoxy) is 1. The number of pyridine rings is 1. The van der Waals surface area contributed by atoms with Crippen molar-refractivity contribution in [2.45, 2.75) is 19.1 Å². The molecule has 4 heterocycles. The van der Waals surface area contributed by atoms with Gasteiger partial charge in [0.2, 0.25) is 0 Å². The van der Waals surface area contributed by atoms with E-state index in [4.69, 9.17) is 9.15 Å². The van der Waals surface area contributed by atoms with Crippen LogP contribution in [0.1, 0.15) is 40.0 Å². The molecule has 1 fully saturated rings. The molecule has 0 bridgehead atoms. The number of aliphatic hydroxyl groups excluding tert-OH is 1. The first-order valence-corrected chi connectivity index (χ1v) is 10.2. The van der Waals surface area contributed by atoms with Crippen molar-refractivity contribution < 1.29 is 19.1 Å². The van der Waals surface area contributed by atoms with Crippen LogP contribution in [0.25, 0.3) is 17.5 Å². The van der Waals surface area contributed by atoms with E-state index in [0.29, 0.717) is 53.1 Å². The van der Waals surface area contributed by atoms with Crippen molar-refractivity contribution in [2.24, 2.45) is 5.92 Å². The molecule has 7 nitrogen and oxygen atoms in total. The fourth-order valence-electron chi connectivity index (χ4n) is 3.17. The molecule has 0 aliphatic carbocycles. The number of furan rings is 1. The van der Waals surface area contributed by atoms with Gasteiger partial charge in [-0.15, -0.1) is 0 Å². The average molecular weight is 411 g/mol. The molecule has 150 valence electrons. The molecule has 1 aliphatic rings. The van der Waals surface area contributed by atoms with Crippen molar-refractivity contribution in [2.75, 3.05) is 18.5 Å². The first kappa shape index (κ1) is 19.5. The number of thiazole rings is 1. The largest absolute Gasteiger partial charge is 0.463 e. The molecule has 0 spiro atoms. The summed E-state index contributed by atoms with van der Waals surface area (Å²) in [6.45, 7) is 4.84. The fourth-order valence-corrected chi connectivity index (χ4v) is 4.18. The van der Waals surface area contributed by atoms with Crippen LogP contribution in [0.3, 0.4) is 0 Å². The predicted molar refractivity (Wildman–Crippen MR) is 111 cm³/mol. The lowest BCUT2D eigenvalue weighted by molar-refractivity contribution is 0.0547. The van der Waals surface area contributed by atoms with Crippen molar-refractivity contribution >= 4 is 28.3 Å². The average Bonchev–Trinajstić information content (AvgIpc) is 3.44. The minimum Gasteiger partial charge on any atom is -0.463 e. The molecule has 0 aromatic carbocycles. The maximum absolute atomic E-state index is 13.1. The van der Waals surface area contributed by atoms with E-state index in [0.717, 1.165) is 5.69 Å². The highest BCUT2D eigenvalue weighted by atomic mass is 32.1. The second-order valence-electron chi connectivity index (χ2n) is 6.69. The van der Waals surface area contributed by atoms with Gasteiger partial charge in [0, 0.05) is 30.9 Å². The molecule has 1 aliphatic heterocycles. The van der Waals surface area contributed by atoms with E-state index in [-0.39, 0.29) is 11.7 Å². The van der Waals surface area contributed by atoms with Gasteiger partial charge in [-0.3, -0.25) is 9.78 Å². The quantitative estimate of drug-likeness (QED) is 0.445. The third kappa shape index (κ3) is 4.29. The summed E-state index contributed by atoms with van der Waals surface area (Å²) in [7, 11) is 0. The predicted octanol–water partition coefficient (Wildman–Crippen LogP) is 4.15. The fraction of sp³-hybridized carbons (Fsp3) is 0.286. The van der Waals surface area contributed by atoms with Crippen molar-refractivity contribution in [3.05, 3.63) is 59.4 Å². The molecular formula is C21H21N3O4S. The normalized spacial score (nSPS) is 15.8. The number of Topliss-reactive ketones (excluding diaryl/α,β-unsaturated/α-hetero) is 1. The topological polar surface area (TPSA) is 97.5 Å². The van der Waals surface area contributed by atoms with Crippen LogP contribution < -0.4 is 5.32 Å². The van der Waals surface area contributed by atoms with Crippen molar-refractivity contribution in [3.8, 4) is 11.5 Å². The van der Waals surface area contributed by atoms with Crippen LogP contribution in [0.2, 0.25) is 0 Å². The second-order valence-corrected chi connectivity index (χ2v) is 7.69. The molecule has 29 heavy (non-hydrogen) atoms. The molecule has 0 saturated carbocycles. The molecule has 8 heteroatoms. The van der Waals surface area contributed by atoms with Gasteiger partial charge in [-0.05, 0) is 37.1 Å². The van der Waals surface area contributed by atoms with Crippen LogP contribution in [0, 0.1) is 5.92 Å². The molecule has 1 atom stereocenters. The Bertz CT molecular complexity index is 976. The zero-order chi connectivity index (χ0) is 20.2. The van der Waals surface area contributed by atoms with Gasteiger partial charge in [0.05, 0.1) is 12.0 Å². The summed E-state index contributed by atoms with van der Waals surface area (Å²) in [6, 6.07) is 7.06. The molecule has 1 unspecified atom stereocenters. The van der Waals surface area contributed by atoms with Gasteiger partial charge in [0.1, 0.15) is 10.6 Å². The Labute approximate surface area is 172 Å². The lowest BCUT2D eigenvalue weighted by atomic mass is 9.94. The standard InChI is InChI=1S/C21H21N3O4S/c1-2-15-6-5-14(12-22-15)20(26)24-21-23-17(16-4-3-9-28-16)19(29-21)18(25)13-7-10-27-11-8-13/h2-6,9,12-13,20,26H,1,7-8,10-11H2,(H,23,24). The molecule has 0 amide bonds. The highest BCUT2D eigenvalue weighted by molar-refractivity contribution is 7.18. The summed E-state index contributed by atoms with van der Waals surface area (Å²) < 4.78 is 10.9. The van der Waals surface area contributed by atoms with Gasteiger partial charge in [-0.2, -0.15) is 0 Å². The Morgan fingerprint density at radius 2 is 2.17 bits per heavy atom. The van der Waals surface area contributed by atoms with Crippen LogP contribution >= 0.6 is 11.3 Å². The van der Waals surface area contributed by atoms with E-state index >= 15 is 0 Å². The Hall–Kier alpha value is -2.81. The molecule has 3 aromatic rings. The first-order chi connectivity index (χ1) is 14.2. The van der Waals surface area contributed by atoms with Crippen LogP contribution in [0.15, 0.2) is 47.7 Å². The highest BCUT2D eigenvalue weighted by Gasteiger charge is 2.29. The van der Waals surface area contributed by atoms with Crippen LogP contribution in [0.4, 0.5) is 5.13 Å². The van der Waals surface area contributed by atoms with Gasteiger partial charge in [0.15, 0.2) is 22.9 Å². The van der Waals surface area contributed by atoms with E-state index in [1.807, 2.05) is 0 Å². The van der Waals surface area contributed by atoms with Gasteiger partial charge in [0.25, 0.3) is 0 Å². The highest BCUT2D eigenvalue weighted by Crippen LogP contribution is 2.36. The number of carbonyl (C=O) groups is 1. The summed E-state index contributed by atoms with van der Waals surface area (Å²) in [5, 5.41) is 13.9. The lowest BCUT2D eigenvalue weighted by Crippen LogP contribution is -2.23. The van der Waals surface area contributed by atoms with Gasteiger partial charge >= 0.3 is 0 Å². The second kappa shape index (κ2) is 8.69. The number of anilines is 1. The van der Waals surface area contributed by atoms with Gasteiger partial charge in [-0.25, -0.2) is 4.98 Å². The number of rotatable bonds is 7. The lowest BCUT2D eigenvalue weighted by Gasteiger charge is -2.20. The number of aliphatic hydroxyl groups is 1. The number of ketones is 1. The van der Waals surface area contributed by atoms with Gasteiger partial charge in [-0.1, -0.05) is 24.0 Å². The van der Waals surface area contributed by atoms with Crippen LogP contribution in [-0.4, -0.2) is 34.1 Å². The summed E-state index contributed by atoms with van der Waals surface area (Å²) in [4.78, 5) is 22.4. The summed E-state index contributed by atoms with van der Waals surface area (Å²) in [5.41, 5.74) is 1.80. The van der Waals surface area contributed by atoms with E-state index < -0.39 is 6.23 Å². The van der Waals surface area contributed by atoms with E-state index in [1.165, 1.54) is 11.3 Å². The number of nitrogens with zero attached hydrogens (tertiary/aromatic N) is 2. The molecule has 0 radical (unpaired) electrons. The van der Waals surface area contributed by atoms with Crippen LogP contribution in [0.5, 0.6) is 0 Å². The monoisotopic (exact) mass is 411 g/mol. The summed E-state index contributed by atoms with van der Waals surface area (Å²) in [6.07, 6.45) is 5.13. The number of aromatic nitrogens is 2. The number of carbonyl (C=O) groups excluding carboxylic acids is 1. The molecule has 2 N–H and O–H groups in total. The maximum atomic E-state index is 13.1. The third-order valence-corrected chi connectivity index (χ3v) is 5.79.